The second-order valence-electron chi connectivity index (χ2n) is 4.48. The quantitative estimate of drug-likeness (QED) is 0.801. The minimum Gasteiger partial charge on any atom is -0.391 e. The van der Waals surface area contributed by atoms with Crippen molar-refractivity contribution < 1.29 is 5.11 Å². The predicted octanol–water partition coefficient (Wildman–Crippen LogP) is 1.78. The van der Waals surface area contributed by atoms with E-state index >= 15 is 0 Å². The number of aliphatic hydroxyl groups is 1. The fourth-order valence-corrected chi connectivity index (χ4v) is 1.90. The molecule has 1 N–H and O–H groups in total. The maximum Gasteiger partial charge on any atom is 0.0731 e. The summed E-state index contributed by atoms with van der Waals surface area (Å²) in [4.78, 5) is 6.61. The van der Waals surface area contributed by atoms with E-state index in [-0.39, 0.29) is 6.10 Å². The van der Waals surface area contributed by atoms with Gasteiger partial charge in [0.2, 0.25) is 0 Å². The monoisotopic (exact) mass is 206 g/mol. The van der Waals surface area contributed by atoms with E-state index in [1.165, 1.54) is 0 Å². The first-order valence-electron chi connectivity index (χ1n) is 5.56. The lowest BCUT2D eigenvalue weighted by Crippen LogP contribution is -2.21. The van der Waals surface area contributed by atoms with Crippen molar-refractivity contribution in [1.82, 2.24) is 4.98 Å². The normalized spacial score (nSPS) is 21.3. The van der Waals surface area contributed by atoms with E-state index in [4.69, 9.17) is 0 Å². The Labute approximate surface area is 90.8 Å². The van der Waals surface area contributed by atoms with Crippen LogP contribution in [0.3, 0.4) is 0 Å². The lowest BCUT2D eigenvalue weighted by atomic mass is 10.1. The van der Waals surface area contributed by atoms with Crippen LogP contribution in [0.5, 0.6) is 0 Å². The van der Waals surface area contributed by atoms with Crippen molar-refractivity contribution in [3.05, 3.63) is 24.0 Å². The van der Waals surface area contributed by atoms with E-state index in [1.54, 1.807) is 0 Å². The van der Waals surface area contributed by atoms with Crippen LogP contribution in [-0.2, 0) is 0 Å². The van der Waals surface area contributed by atoms with Gasteiger partial charge in [0.25, 0.3) is 0 Å². The predicted molar refractivity (Wildman–Crippen MR) is 61.2 cm³/mol. The molecule has 1 atom stereocenters. The molecule has 1 aromatic heterocycles. The molecule has 0 saturated carbocycles. The van der Waals surface area contributed by atoms with Gasteiger partial charge >= 0.3 is 0 Å². The van der Waals surface area contributed by atoms with Crippen LogP contribution in [0.1, 0.15) is 31.9 Å². The number of aliphatic hydroxyl groups excluding tert-OH is 1. The molecule has 2 rings (SSSR count). The topological polar surface area (TPSA) is 36.4 Å². The summed E-state index contributed by atoms with van der Waals surface area (Å²) in [6.45, 7) is 5.95. The van der Waals surface area contributed by atoms with Crippen LogP contribution >= 0.6 is 0 Å². The number of hydrogen-bond donors (Lipinski definition) is 1. The van der Waals surface area contributed by atoms with Crippen LogP contribution in [-0.4, -0.2) is 29.3 Å². The van der Waals surface area contributed by atoms with Gasteiger partial charge in [0.15, 0.2) is 0 Å². The molecule has 0 bridgehead atoms. The summed E-state index contributed by atoms with van der Waals surface area (Å²) < 4.78 is 0. The molecule has 1 aliphatic rings. The van der Waals surface area contributed by atoms with Crippen molar-refractivity contribution in [3.8, 4) is 0 Å². The fraction of sp³-hybridized carbons (Fsp3) is 0.583. The van der Waals surface area contributed by atoms with E-state index in [2.05, 4.69) is 35.9 Å². The van der Waals surface area contributed by atoms with Crippen molar-refractivity contribution in [2.24, 2.45) is 0 Å². The molecule has 82 valence electrons. The highest BCUT2D eigenvalue weighted by Crippen LogP contribution is 2.21. The summed E-state index contributed by atoms with van der Waals surface area (Å²) in [7, 11) is 0. The summed E-state index contributed by atoms with van der Waals surface area (Å²) in [6.07, 6.45) is 2.61. The number of aromatic nitrogens is 1. The van der Waals surface area contributed by atoms with Crippen molar-refractivity contribution in [2.45, 2.75) is 32.3 Å². The zero-order valence-corrected chi connectivity index (χ0v) is 9.35. The average molecular weight is 206 g/mol. The van der Waals surface area contributed by atoms with Gasteiger partial charge in [-0.1, -0.05) is 13.8 Å². The number of β-amino-alcohol motifs (C(OH)–C–C–N with tert-alkyl or cyclic N) is 1. The van der Waals surface area contributed by atoms with Gasteiger partial charge in [-0.05, 0) is 24.5 Å². The van der Waals surface area contributed by atoms with E-state index in [0.29, 0.717) is 5.92 Å². The third-order valence-electron chi connectivity index (χ3n) is 2.89. The number of nitrogens with zero attached hydrogens (tertiary/aromatic N) is 2. The van der Waals surface area contributed by atoms with E-state index in [1.807, 2.05) is 6.20 Å². The second-order valence-corrected chi connectivity index (χ2v) is 4.48. The molecule has 0 aliphatic carbocycles. The minimum absolute atomic E-state index is 0.172. The summed E-state index contributed by atoms with van der Waals surface area (Å²) in [5.41, 5.74) is 2.24. The van der Waals surface area contributed by atoms with Gasteiger partial charge < -0.3 is 10.0 Å². The molecule has 1 fully saturated rings. The number of anilines is 1. The first kappa shape index (κ1) is 10.4. The summed E-state index contributed by atoms with van der Waals surface area (Å²) in [5, 5.41) is 9.44. The molecular weight excluding hydrogens is 188 g/mol. The van der Waals surface area contributed by atoms with Gasteiger partial charge in [0, 0.05) is 18.8 Å². The highest BCUT2D eigenvalue weighted by atomic mass is 16.3. The number of pyridine rings is 1. The Balaban J connectivity index is 2.10. The van der Waals surface area contributed by atoms with E-state index < -0.39 is 0 Å². The van der Waals surface area contributed by atoms with Crippen molar-refractivity contribution in [3.63, 3.8) is 0 Å². The molecule has 0 aromatic carbocycles. The first-order chi connectivity index (χ1) is 7.16. The summed E-state index contributed by atoms with van der Waals surface area (Å²) >= 11 is 0. The van der Waals surface area contributed by atoms with Gasteiger partial charge in [-0.2, -0.15) is 0 Å². The molecule has 15 heavy (non-hydrogen) atoms. The molecule has 0 amide bonds. The Morgan fingerprint density at radius 2 is 2.27 bits per heavy atom. The van der Waals surface area contributed by atoms with Crippen molar-refractivity contribution in [2.75, 3.05) is 18.0 Å². The Bertz CT molecular complexity index is 321. The smallest absolute Gasteiger partial charge is 0.0731 e. The minimum atomic E-state index is -0.172. The Morgan fingerprint density at radius 3 is 2.73 bits per heavy atom. The standard InChI is InChI=1S/C12H18N2O/c1-9(2)12-4-3-10(7-13-12)14-6-5-11(15)8-14/h3-4,7,9,11,15H,5-6,8H2,1-2H3/t11-/m0/s1. The van der Waals surface area contributed by atoms with Crippen LogP contribution in [0.25, 0.3) is 0 Å². The SMILES string of the molecule is CC(C)c1ccc(N2CC[C@H](O)C2)cn1. The molecule has 3 heteroatoms. The molecule has 1 aromatic rings. The van der Waals surface area contributed by atoms with Crippen molar-refractivity contribution >= 4 is 5.69 Å². The maximum atomic E-state index is 9.44. The van der Waals surface area contributed by atoms with Gasteiger partial charge in [0.1, 0.15) is 0 Å². The molecule has 3 nitrogen and oxygen atoms in total. The maximum absolute atomic E-state index is 9.44. The van der Waals surface area contributed by atoms with Crippen LogP contribution < -0.4 is 4.90 Å². The van der Waals surface area contributed by atoms with Gasteiger partial charge in [-0.25, -0.2) is 0 Å². The van der Waals surface area contributed by atoms with Crippen LogP contribution in [0.4, 0.5) is 5.69 Å². The molecular formula is C12H18N2O. The summed E-state index contributed by atoms with van der Waals surface area (Å²) in [5.74, 6) is 0.475. The van der Waals surface area contributed by atoms with Gasteiger partial charge in [-0.3, -0.25) is 4.98 Å². The molecule has 1 saturated heterocycles. The second kappa shape index (κ2) is 4.19. The molecule has 1 aliphatic heterocycles. The largest absolute Gasteiger partial charge is 0.391 e. The van der Waals surface area contributed by atoms with Crippen LogP contribution in [0, 0.1) is 0 Å². The molecule has 2 heterocycles. The van der Waals surface area contributed by atoms with E-state index in [9.17, 15) is 5.11 Å². The van der Waals surface area contributed by atoms with Crippen molar-refractivity contribution in [1.29, 1.82) is 0 Å². The number of rotatable bonds is 2. The first-order valence-corrected chi connectivity index (χ1v) is 5.56. The lowest BCUT2D eigenvalue weighted by molar-refractivity contribution is 0.198. The highest BCUT2D eigenvalue weighted by molar-refractivity contribution is 5.46. The summed E-state index contributed by atoms with van der Waals surface area (Å²) in [6, 6.07) is 4.17. The Morgan fingerprint density at radius 1 is 1.47 bits per heavy atom. The van der Waals surface area contributed by atoms with Gasteiger partial charge in [-0.15, -0.1) is 0 Å². The molecule has 0 radical (unpaired) electrons. The zero-order chi connectivity index (χ0) is 10.8. The van der Waals surface area contributed by atoms with Crippen LogP contribution in [0.2, 0.25) is 0 Å². The zero-order valence-electron chi connectivity index (χ0n) is 9.35. The third kappa shape index (κ3) is 2.29. The molecule has 0 unspecified atom stereocenters. The fourth-order valence-electron chi connectivity index (χ4n) is 1.90. The average Bonchev–Trinajstić information content (AvgIpc) is 2.65. The number of hydrogen-bond acceptors (Lipinski definition) is 3. The lowest BCUT2D eigenvalue weighted by Gasteiger charge is -2.17. The van der Waals surface area contributed by atoms with Crippen LogP contribution in [0.15, 0.2) is 18.3 Å². The van der Waals surface area contributed by atoms with E-state index in [0.717, 1.165) is 30.9 Å². The third-order valence-corrected chi connectivity index (χ3v) is 2.89. The Hall–Kier alpha value is -1.09. The molecule has 0 spiro atoms. The Kier molecular flexibility index (Phi) is 2.91. The highest BCUT2D eigenvalue weighted by Gasteiger charge is 2.20. The van der Waals surface area contributed by atoms with Gasteiger partial charge in [0.05, 0.1) is 18.0 Å².